The molecule has 0 spiro atoms. The van der Waals surface area contributed by atoms with Crippen LogP contribution in [-0.2, 0) is 17.6 Å². The standard InChI is InChI=1S/C18H15N3O2S3/c1-9-19-15(13-10-5-2-3-7-12(10)25-16(13)20-9)21-17(22)14(26-18(21)24)11-6-4-8-23-11/h4,6,8,14H,2-3,5,7H2,1H3. The number of aromatic nitrogens is 2. The molecule has 1 fully saturated rings. The predicted molar refractivity (Wildman–Crippen MR) is 108 cm³/mol. The Morgan fingerprint density at radius 3 is 2.96 bits per heavy atom. The lowest BCUT2D eigenvalue weighted by atomic mass is 9.97. The van der Waals surface area contributed by atoms with Crippen molar-refractivity contribution >= 4 is 61.6 Å². The van der Waals surface area contributed by atoms with E-state index in [-0.39, 0.29) is 5.91 Å². The van der Waals surface area contributed by atoms with Gasteiger partial charge in [-0.05, 0) is 50.3 Å². The maximum atomic E-state index is 13.2. The van der Waals surface area contributed by atoms with Crippen molar-refractivity contribution in [3.05, 3.63) is 40.4 Å². The normalized spacial score (nSPS) is 20.2. The van der Waals surface area contributed by atoms with Crippen LogP contribution in [0.15, 0.2) is 22.8 Å². The zero-order valence-corrected chi connectivity index (χ0v) is 16.5. The summed E-state index contributed by atoms with van der Waals surface area (Å²) in [5, 5.41) is 0.559. The summed E-state index contributed by atoms with van der Waals surface area (Å²) in [7, 11) is 0. The fourth-order valence-corrected chi connectivity index (χ4v) is 6.33. The molecule has 1 aliphatic heterocycles. The molecule has 1 aliphatic carbocycles. The van der Waals surface area contributed by atoms with Crippen LogP contribution in [0.2, 0.25) is 0 Å². The topological polar surface area (TPSA) is 59.2 Å². The van der Waals surface area contributed by atoms with Gasteiger partial charge in [-0.25, -0.2) is 14.9 Å². The molecule has 0 radical (unpaired) electrons. The Morgan fingerprint density at radius 1 is 1.31 bits per heavy atom. The number of hydrogen-bond acceptors (Lipinski definition) is 7. The molecule has 5 nitrogen and oxygen atoms in total. The Hall–Kier alpha value is -1.77. The summed E-state index contributed by atoms with van der Waals surface area (Å²) in [6.45, 7) is 1.86. The number of thioether (sulfide) groups is 1. The molecular formula is C18H15N3O2S3. The molecule has 1 atom stereocenters. The van der Waals surface area contributed by atoms with E-state index in [1.54, 1.807) is 28.6 Å². The van der Waals surface area contributed by atoms with E-state index in [9.17, 15) is 4.79 Å². The molecule has 4 heterocycles. The molecule has 0 aromatic carbocycles. The van der Waals surface area contributed by atoms with Gasteiger partial charge in [-0.3, -0.25) is 4.79 Å². The fourth-order valence-electron chi connectivity index (χ4n) is 3.63. The van der Waals surface area contributed by atoms with E-state index in [0.29, 0.717) is 21.7 Å². The maximum absolute atomic E-state index is 13.2. The predicted octanol–water partition coefficient (Wildman–Crippen LogP) is 4.58. The summed E-state index contributed by atoms with van der Waals surface area (Å²) >= 11 is 8.63. The van der Waals surface area contributed by atoms with Crippen LogP contribution in [0.4, 0.5) is 5.82 Å². The molecule has 1 saturated heterocycles. The molecule has 8 heteroatoms. The maximum Gasteiger partial charge on any atom is 0.255 e. The van der Waals surface area contributed by atoms with Crippen LogP contribution in [0.3, 0.4) is 0 Å². The lowest BCUT2D eigenvalue weighted by Crippen LogP contribution is -2.30. The first-order valence-corrected chi connectivity index (χ1v) is 10.6. The first-order valence-electron chi connectivity index (χ1n) is 8.50. The van der Waals surface area contributed by atoms with E-state index >= 15 is 0 Å². The van der Waals surface area contributed by atoms with Crippen LogP contribution < -0.4 is 4.90 Å². The number of carbonyl (C=O) groups excluding carboxylic acids is 1. The van der Waals surface area contributed by atoms with Crippen LogP contribution in [0.1, 0.15) is 40.1 Å². The van der Waals surface area contributed by atoms with Crippen molar-refractivity contribution < 1.29 is 9.21 Å². The summed E-state index contributed by atoms with van der Waals surface area (Å²) in [5.41, 5.74) is 1.30. The minimum Gasteiger partial charge on any atom is -0.468 e. The van der Waals surface area contributed by atoms with Gasteiger partial charge >= 0.3 is 0 Å². The van der Waals surface area contributed by atoms with Crippen LogP contribution in [-0.4, -0.2) is 20.2 Å². The number of carbonyl (C=O) groups is 1. The average Bonchev–Trinajstić information content (AvgIpc) is 3.31. The lowest BCUT2D eigenvalue weighted by molar-refractivity contribution is -0.117. The number of rotatable bonds is 2. The summed E-state index contributed by atoms with van der Waals surface area (Å²) in [6.07, 6.45) is 6.04. The Kier molecular flexibility index (Phi) is 3.88. The smallest absolute Gasteiger partial charge is 0.255 e. The lowest BCUT2D eigenvalue weighted by Gasteiger charge is -2.18. The van der Waals surface area contributed by atoms with Gasteiger partial charge in [-0.15, -0.1) is 11.3 Å². The summed E-state index contributed by atoms with van der Waals surface area (Å²) < 4.78 is 5.97. The number of thiocarbonyl (C=S) groups is 1. The first kappa shape index (κ1) is 16.4. The zero-order chi connectivity index (χ0) is 17.8. The number of amides is 1. The number of anilines is 1. The zero-order valence-electron chi connectivity index (χ0n) is 14.0. The van der Waals surface area contributed by atoms with Gasteiger partial charge in [-0.2, -0.15) is 0 Å². The van der Waals surface area contributed by atoms with Crippen LogP contribution >= 0.6 is 35.3 Å². The van der Waals surface area contributed by atoms with Crippen LogP contribution in [0.5, 0.6) is 0 Å². The third kappa shape index (κ3) is 2.43. The number of fused-ring (bicyclic) bond motifs is 3. The molecule has 26 heavy (non-hydrogen) atoms. The molecule has 132 valence electrons. The minimum atomic E-state index is -0.447. The highest BCUT2D eigenvalue weighted by Crippen LogP contribution is 2.46. The summed E-state index contributed by atoms with van der Waals surface area (Å²) in [6, 6.07) is 3.60. The van der Waals surface area contributed by atoms with E-state index in [4.69, 9.17) is 16.6 Å². The van der Waals surface area contributed by atoms with Gasteiger partial charge in [0.15, 0.2) is 5.82 Å². The van der Waals surface area contributed by atoms with Gasteiger partial charge in [-0.1, -0.05) is 24.0 Å². The Bertz CT molecular complexity index is 1040. The van der Waals surface area contributed by atoms with Crippen molar-refractivity contribution in [2.75, 3.05) is 4.90 Å². The molecule has 1 unspecified atom stereocenters. The van der Waals surface area contributed by atoms with Gasteiger partial charge in [0.25, 0.3) is 5.91 Å². The molecule has 0 bridgehead atoms. The number of nitrogens with zero attached hydrogens (tertiary/aromatic N) is 3. The van der Waals surface area contributed by atoms with Crippen LogP contribution in [0.25, 0.3) is 10.2 Å². The van der Waals surface area contributed by atoms with Crippen molar-refractivity contribution in [2.45, 2.75) is 37.9 Å². The number of furan rings is 1. The van der Waals surface area contributed by atoms with Gasteiger partial charge in [0, 0.05) is 4.88 Å². The van der Waals surface area contributed by atoms with E-state index in [1.165, 1.54) is 28.6 Å². The van der Waals surface area contributed by atoms with Gasteiger partial charge in [0.1, 0.15) is 26.0 Å². The largest absolute Gasteiger partial charge is 0.468 e. The van der Waals surface area contributed by atoms with E-state index in [1.807, 2.05) is 13.0 Å². The highest BCUT2D eigenvalue weighted by molar-refractivity contribution is 8.24. The molecule has 2 aliphatic rings. The van der Waals surface area contributed by atoms with Crippen molar-refractivity contribution in [1.82, 2.24) is 9.97 Å². The minimum absolute atomic E-state index is 0.0925. The van der Waals surface area contributed by atoms with Gasteiger partial charge < -0.3 is 4.42 Å². The third-order valence-corrected chi connectivity index (χ3v) is 7.48. The SMILES string of the molecule is Cc1nc(N2C(=O)C(c3ccco3)SC2=S)c2c3c(sc2n1)CCCC3. The van der Waals surface area contributed by atoms with Gasteiger partial charge in [0.05, 0.1) is 11.6 Å². The molecule has 3 aromatic rings. The molecule has 3 aromatic heterocycles. The number of aryl methyl sites for hydroxylation is 3. The Balaban J connectivity index is 1.68. The second kappa shape index (κ2) is 6.14. The Labute approximate surface area is 163 Å². The monoisotopic (exact) mass is 401 g/mol. The molecule has 0 N–H and O–H groups in total. The van der Waals surface area contributed by atoms with E-state index in [0.717, 1.165) is 29.5 Å². The third-order valence-electron chi connectivity index (χ3n) is 4.77. The first-order chi connectivity index (χ1) is 12.6. The van der Waals surface area contributed by atoms with Crippen LogP contribution in [0, 0.1) is 6.92 Å². The number of thiophene rings is 1. The number of hydrogen-bond donors (Lipinski definition) is 0. The molecule has 5 rings (SSSR count). The quantitative estimate of drug-likeness (QED) is 0.586. The average molecular weight is 402 g/mol. The van der Waals surface area contributed by atoms with Crippen molar-refractivity contribution in [3.63, 3.8) is 0 Å². The fraction of sp³-hybridized carbons (Fsp3) is 0.333. The summed E-state index contributed by atoms with van der Waals surface area (Å²) in [4.78, 5) is 26.4. The Morgan fingerprint density at radius 2 is 2.15 bits per heavy atom. The molecule has 1 amide bonds. The van der Waals surface area contributed by atoms with Gasteiger partial charge in [0.2, 0.25) is 0 Å². The molecular weight excluding hydrogens is 386 g/mol. The van der Waals surface area contributed by atoms with E-state index in [2.05, 4.69) is 9.97 Å². The summed E-state index contributed by atoms with van der Waals surface area (Å²) in [5.74, 6) is 1.83. The second-order valence-electron chi connectivity index (χ2n) is 6.44. The second-order valence-corrected chi connectivity index (χ2v) is 9.26. The highest BCUT2D eigenvalue weighted by Gasteiger charge is 2.42. The highest BCUT2D eigenvalue weighted by atomic mass is 32.2. The van der Waals surface area contributed by atoms with Crippen molar-refractivity contribution in [2.24, 2.45) is 0 Å². The van der Waals surface area contributed by atoms with E-state index < -0.39 is 5.25 Å². The van der Waals surface area contributed by atoms with Crippen molar-refractivity contribution in [3.8, 4) is 0 Å². The van der Waals surface area contributed by atoms with Crippen molar-refractivity contribution in [1.29, 1.82) is 0 Å². The molecule has 0 saturated carbocycles.